The van der Waals surface area contributed by atoms with Gasteiger partial charge in [-0.2, -0.15) is 0 Å². The van der Waals surface area contributed by atoms with E-state index in [4.69, 9.17) is 5.73 Å². The van der Waals surface area contributed by atoms with Crippen molar-refractivity contribution in [1.29, 1.82) is 0 Å². The van der Waals surface area contributed by atoms with Crippen LogP contribution in [0.4, 0.5) is 0 Å². The Balaban J connectivity index is 0.00000144. The highest BCUT2D eigenvalue weighted by molar-refractivity contribution is 14.0. The van der Waals surface area contributed by atoms with Gasteiger partial charge in [0.15, 0.2) is 5.96 Å². The van der Waals surface area contributed by atoms with Gasteiger partial charge < -0.3 is 10.6 Å². The van der Waals surface area contributed by atoms with E-state index >= 15 is 0 Å². The van der Waals surface area contributed by atoms with E-state index in [1.807, 2.05) is 0 Å². The van der Waals surface area contributed by atoms with Gasteiger partial charge in [0, 0.05) is 18.0 Å². The van der Waals surface area contributed by atoms with Crippen LogP contribution < -0.4 is 5.73 Å². The molecule has 0 aliphatic carbocycles. The topological polar surface area (TPSA) is 41.6 Å². The van der Waals surface area contributed by atoms with Gasteiger partial charge in [-0.15, -0.1) is 35.3 Å². The number of nitrogens with zero attached hydrogens (tertiary/aromatic N) is 2. The van der Waals surface area contributed by atoms with Crippen LogP contribution in [0.15, 0.2) is 22.5 Å². The number of likely N-dealkylation sites (tertiary alicyclic amines) is 1. The lowest BCUT2D eigenvalue weighted by atomic mass is 10.0. The highest BCUT2D eigenvalue weighted by Gasteiger charge is 2.17. The average Bonchev–Trinajstić information content (AvgIpc) is 2.78. The summed E-state index contributed by atoms with van der Waals surface area (Å²) in [6.07, 6.45) is 2.55. The molecule has 1 fully saturated rings. The Kier molecular flexibility index (Phi) is 6.26. The predicted octanol–water partition coefficient (Wildman–Crippen LogP) is 2.91. The Morgan fingerprint density at radius 2 is 2.47 bits per heavy atom. The molecule has 0 saturated carbocycles. The minimum absolute atomic E-state index is 0. The highest BCUT2D eigenvalue weighted by atomic mass is 127. The Morgan fingerprint density at radius 1 is 1.65 bits per heavy atom. The third-order valence-corrected chi connectivity index (χ3v) is 3.82. The molecule has 1 unspecified atom stereocenters. The summed E-state index contributed by atoms with van der Waals surface area (Å²) in [5.41, 5.74) is 6.01. The molecule has 0 radical (unpaired) electrons. The monoisotopic (exact) mass is 365 g/mol. The molecule has 2 heterocycles. The standard InChI is InChI=1S/C12H19N3S.HI/c1-10-4-2-6-15(9-10)12(13)14-8-11-5-3-7-16-11;/h3,5,7,10H,2,4,6,8-9H2,1H3,(H2,13,14);1H. The zero-order valence-corrected chi connectivity index (χ0v) is 13.3. The molecular formula is C12H20IN3S. The largest absolute Gasteiger partial charge is 0.370 e. The normalized spacial score (nSPS) is 21.1. The van der Waals surface area contributed by atoms with Crippen molar-refractivity contribution < 1.29 is 0 Å². The number of hydrogen-bond donors (Lipinski definition) is 1. The zero-order chi connectivity index (χ0) is 11.4. The number of aliphatic imine (C=N–C) groups is 1. The van der Waals surface area contributed by atoms with Crippen LogP contribution in [0.3, 0.4) is 0 Å². The van der Waals surface area contributed by atoms with Gasteiger partial charge in [0.1, 0.15) is 0 Å². The van der Waals surface area contributed by atoms with Crippen LogP contribution in [0.25, 0.3) is 0 Å². The molecule has 1 aromatic rings. The average molecular weight is 365 g/mol. The minimum atomic E-state index is 0. The van der Waals surface area contributed by atoms with Gasteiger partial charge in [-0.05, 0) is 30.2 Å². The van der Waals surface area contributed by atoms with E-state index in [1.54, 1.807) is 11.3 Å². The minimum Gasteiger partial charge on any atom is -0.370 e. The van der Waals surface area contributed by atoms with Crippen LogP contribution in [0, 0.1) is 5.92 Å². The lowest BCUT2D eigenvalue weighted by molar-refractivity contribution is 0.270. The fourth-order valence-electron chi connectivity index (χ4n) is 2.06. The van der Waals surface area contributed by atoms with Crippen molar-refractivity contribution in [3.8, 4) is 0 Å². The summed E-state index contributed by atoms with van der Waals surface area (Å²) in [5, 5.41) is 2.07. The van der Waals surface area contributed by atoms with Crippen LogP contribution in [0.2, 0.25) is 0 Å². The Morgan fingerprint density at radius 3 is 3.12 bits per heavy atom. The fourth-order valence-corrected chi connectivity index (χ4v) is 2.69. The highest BCUT2D eigenvalue weighted by Crippen LogP contribution is 2.15. The number of halogens is 1. The summed E-state index contributed by atoms with van der Waals surface area (Å²) < 4.78 is 0. The van der Waals surface area contributed by atoms with Crippen LogP contribution in [0.1, 0.15) is 24.6 Å². The molecule has 1 aliphatic heterocycles. The van der Waals surface area contributed by atoms with Crippen molar-refractivity contribution >= 4 is 41.3 Å². The molecule has 96 valence electrons. The van der Waals surface area contributed by atoms with Gasteiger partial charge in [-0.25, -0.2) is 4.99 Å². The van der Waals surface area contributed by atoms with E-state index in [2.05, 4.69) is 34.3 Å². The van der Waals surface area contributed by atoms with E-state index in [0.717, 1.165) is 19.0 Å². The molecule has 1 aliphatic rings. The first kappa shape index (κ1) is 14.8. The molecule has 2 rings (SSSR count). The Labute approximate surface area is 124 Å². The maximum atomic E-state index is 6.01. The fraction of sp³-hybridized carbons (Fsp3) is 0.583. The number of hydrogen-bond acceptors (Lipinski definition) is 2. The molecule has 2 N–H and O–H groups in total. The second-order valence-electron chi connectivity index (χ2n) is 4.45. The van der Waals surface area contributed by atoms with Gasteiger partial charge in [0.2, 0.25) is 0 Å². The zero-order valence-electron chi connectivity index (χ0n) is 10.1. The second kappa shape index (κ2) is 7.20. The first-order chi connectivity index (χ1) is 7.75. The van der Waals surface area contributed by atoms with Gasteiger partial charge in [-0.3, -0.25) is 0 Å². The maximum absolute atomic E-state index is 6.01. The molecular weight excluding hydrogens is 345 g/mol. The number of piperidine rings is 1. The van der Waals surface area contributed by atoms with Crippen LogP contribution in [0.5, 0.6) is 0 Å². The van der Waals surface area contributed by atoms with Gasteiger partial charge >= 0.3 is 0 Å². The molecule has 0 bridgehead atoms. The van der Waals surface area contributed by atoms with Crippen LogP contribution >= 0.6 is 35.3 Å². The third-order valence-electron chi connectivity index (χ3n) is 2.96. The Bertz CT molecular complexity index is 351. The first-order valence-corrected chi connectivity index (χ1v) is 6.71. The molecule has 17 heavy (non-hydrogen) atoms. The Hall–Kier alpha value is -0.300. The van der Waals surface area contributed by atoms with Gasteiger partial charge in [0.05, 0.1) is 6.54 Å². The smallest absolute Gasteiger partial charge is 0.191 e. The summed E-state index contributed by atoms with van der Waals surface area (Å²) in [7, 11) is 0. The molecule has 0 amide bonds. The van der Waals surface area contributed by atoms with Crippen molar-refractivity contribution in [3.05, 3.63) is 22.4 Å². The molecule has 1 aromatic heterocycles. The predicted molar refractivity (Wildman–Crippen MR) is 85.0 cm³/mol. The van der Waals surface area contributed by atoms with Crippen LogP contribution in [-0.4, -0.2) is 23.9 Å². The van der Waals surface area contributed by atoms with Gasteiger partial charge in [-0.1, -0.05) is 13.0 Å². The summed E-state index contributed by atoms with van der Waals surface area (Å²) in [6, 6.07) is 4.15. The SMILES string of the molecule is CC1CCCN(C(N)=NCc2cccs2)C1.I. The summed E-state index contributed by atoms with van der Waals surface area (Å²) >= 11 is 1.73. The van der Waals surface area contributed by atoms with Crippen molar-refractivity contribution in [2.75, 3.05) is 13.1 Å². The maximum Gasteiger partial charge on any atom is 0.191 e. The number of rotatable bonds is 2. The summed E-state index contributed by atoms with van der Waals surface area (Å²) in [4.78, 5) is 7.94. The molecule has 1 atom stereocenters. The number of guanidine groups is 1. The lowest BCUT2D eigenvalue weighted by Crippen LogP contribution is -2.43. The van der Waals surface area contributed by atoms with Crippen LogP contribution in [-0.2, 0) is 6.54 Å². The quantitative estimate of drug-likeness (QED) is 0.498. The molecule has 0 aromatic carbocycles. The van der Waals surface area contributed by atoms with Crippen molar-refractivity contribution in [3.63, 3.8) is 0 Å². The number of nitrogens with two attached hydrogens (primary N) is 1. The van der Waals surface area contributed by atoms with E-state index in [9.17, 15) is 0 Å². The summed E-state index contributed by atoms with van der Waals surface area (Å²) in [6.45, 7) is 5.11. The van der Waals surface area contributed by atoms with Crippen molar-refractivity contribution in [2.24, 2.45) is 16.6 Å². The first-order valence-electron chi connectivity index (χ1n) is 5.83. The molecule has 1 saturated heterocycles. The van der Waals surface area contributed by atoms with E-state index < -0.39 is 0 Å². The summed E-state index contributed by atoms with van der Waals surface area (Å²) in [5.74, 6) is 1.45. The third kappa shape index (κ3) is 4.46. The molecule has 3 nitrogen and oxygen atoms in total. The van der Waals surface area contributed by atoms with E-state index in [0.29, 0.717) is 12.5 Å². The van der Waals surface area contributed by atoms with E-state index in [1.165, 1.54) is 17.7 Å². The molecule has 5 heteroatoms. The van der Waals surface area contributed by atoms with Gasteiger partial charge in [0.25, 0.3) is 0 Å². The second-order valence-corrected chi connectivity index (χ2v) is 5.48. The van der Waals surface area contributed by atoms with E-state index in [-0.39, 0.29) is 24.0 Å². The number of thiophene rings is 1. The van der Waals surface area contributed by atoms with Crippen molar-refractivity contribution in [1.82, 2.24) is 4.90 Å². The lowest BCUT2D eigenvalue weighted by Gasteiger charge is -2.31. The molecule has 0 spiro atoms. The van der Waals surface area contributed by atoms with Crippen molar-refractivity contribution in [2.45, 2.75) is 26.3 Å².